The Morgan fingerprint density at radius 3 is 2.80 bits per heavy atom. The molecule has 0 heterocycles. The van der Waals surface area contributed by atoms with Crippen LogP contribution in [0.2, 0.25) is 0 Å². The Bertz CT molecular complexity index is 440. The lowest BCUT2D eigenvalue weighted by atomic mass is 10.1. The van der Waals surface area contributed by atoms with Crippen molar-refractivity contribution in [1.82, 2.24) is 0 Å². The summed E-state index contributed by atoms with van der Waals surface area (Å²) >= 11 is 5.14. The molecule has 0 saturated carbocycles. The Morgan fingerprint density at radius 2 is 2.33 bits per heavy atom. The van der Waals surface area contributed by atoms with E-state index in [1.807, 2.05) is 28.7 Å². The van der Waals surface area contributed by atoms with Crippen molar-refractivity contribution < 1.29 is 9.53 Å². The van der Waals surface area contributed by atoms with Gasteiger partial charge in [0.25, 0.3) is 0 Å². The van der Waals surface area contributed by atoms with Gasteiger partial charge in [-0.1, -0.05) is 15.9 Å². The maximum atomic E-state index is 11.6. The minimum absolute atomic E-state index is 0.0955. The number of benzene rings is 1. The molecule has 1 rings (SSSR count). The van der Waals surface area contributed by atoms with E-state index >= 15 is 0 Å². The molecule has 5 heteroatoms. The quantitative estimate of drug-likeness (QED) is 0.461. The fraction of sp³-hybridized carbons (Fsp3) is 0.200. The summed E-state index contributed by atoms with van der Waals surface area (Å²) in [6.07, 6.45) is 0. The summed E-state index contributed by atoms with van der Waals surface area (Å²) in [7, 11) is 1.51. The molecule has 1 aromatic rings. The molecule has 0 aliphatic carbocycles. The average Bonchev–Trinajstić information content (AvgIpc) is 2.26. The second kappa shape index (κ2) is 5.47. The monoisotopic (exact) mass is 379 g/mol. The maximum absolute atomic E-state index is 11.6. The number of nitrogens with zero attached hydrogens (tertiary/aromatic N) is 1. The molecule has 0 atom stereocenters. The first-order chi connectivity index (χ1) is 7.13. The van der Waals surface area contributed by atoms with Gasteiger partial charge in [-0.2, -0.15) is 5.26 Å². The van der Waals surface area contributed by atoms with Crippen LogP contribution in [0, 0.1) is 14.9 Å². The minimum Gasteiger partial charge on any atom is -0.495 e. The molecule has 0 amide bonds. The van der Waals surface area contributed by atoms with Crippen LogP contribution in [0.1, 0.15) is 15.9 Å². The maximum Gasteiger partial charge on any atom is 0.177 e. The smallest absolute Gasteiger partial charge is 0.177 e. The van der Waals surface area contributed by atoms with E-state index in [2.05, 4.69) is 15.9 Å². The second-order valence-electron chi connectivity index (χ2n) is 2.71. The third-order valence-corrected chi connectivity index (χ3v) is 3.11. The van der Waals surface area contributed by atoms with Gasteiger partial charge in [-0.05, 0) is 34.7 Å². The highest BCUT2D eigenvalue weighted by Gasteiger charge is 2.15. The fourth-order valence-corrected chi connectivity index (χ4v) is 2.29. The van der Waals surface area contributed by atoms with Gasteiger partial charge in [0.05, 0.1) is 33.2 Å². The zero-order valence-electron chi connectivity index (χ0n) is 7.88. The molecule has 0 radical (unpaired) electrons. The van der Waals surface area contributed by atoms with Crippen LogP contribution in [-0.2, 0) is 0 Å². The summed E-state index contributed by atoms with van der Waals surface area (Å²) in [6.45, 7) is 0. The second-order valence-corrected chi connectivity index (χ2v) is 4.43. The Labute approximate surface area is 110 Å². The number of Topliss-reactive ketones (excluding diaryl/α,β-unsaturated/α-hetero) is 1. The molecule has 0 saturated heterocycles. The lowest BCUT2D eigenvalue weighted by Gasteiger charge is -2.08. The summed E-state index contributed by atoms with van der Waals surface area (Å²) in [6, 6.07) is 5.24. The van der Waals surface area contributed by atoms with Crippen LogP contribution in [-0.4, -0.2) is 18.2 Å². The van der Waals surface area contributed by atoms with Crippen molar-refractivity contribution in [3.05, 3.63) is 26.8 Å². The standard InChI is InChI=1S/C10H7BrINO2/c1-15-10-7(9(14)4-11)2-6(5-13)3-8(10)12/h2-3H,4H2,1H3. The highest BCUT2D eigenvalue weighted by Crippen LogP contribution is 2.27. The Kier molecular flexibility index (Phi) is 4.54. The van der Waals surface area contributed by atoms with E-state index in [1.165, 1.54) is 7.11 Å². The van der Waals surface area contributed by atoms with Gasteiger partial charge in [-0.3, -0.25) is 4.79 Å². The topological polar surface area (TPSA) is 50.1 Å². The number of nitriles is 1. The van der Waals surface area contributed by atoms with Crippen molar-refractivity contribution in [2.75, 3.05) is 12.4 Å². The van der Waals surface area contributed by atoms with Crippen LogP contribution in [0.15, 0.2) is 12.1 Å². The number of ketones is 1. The number of carbonyl (C=O) groups is 1. The van der Waals surface area contributed by atoms with Crippen molar-refractivity contribution in [2.24, 2.45) is 0 Å². The van der Waals surface area contributed by atoms with Crippen LogP contribution in [0.3, 0.4) is 0 Å². The van der Waals surface area contributed by atoms with Gasteiger partial charge >= 0.3 is 0 Å². The molecule has 0 N–H and O–H groups in total. The van der Waals surface area contributed by atoms with Crippen LogP contribution in [0.4, 0.5) is 0 Å². The summed E-state index contributed by atoms with van der Waals surface area (Å²) in [5.74, 6) is 0.431. The normalized spacial score (nSPS) is 9.47. The molecule has 0 aliphatic heterocycles. The molecule has 0 spiro atoms. The number of rotatable bonds is 3. The first-order valence-corrected chi connectivity index (χ1v) is 6.20. The average molecular weight is 380 g/mol. The van der Waals surface area contributed by atoms with E-state index in [9.17, 15) is 4.79 Å². The lowest BCUT2D eigenvalue weighted by molar-refractivity contribution is 0.102. The van der Waals surface area contributed by atoms with E-state index < -0.39 is 0 Å². The number of methoxy groups -OCH3 is 1. The number of carbonyl (C=O) groups excluding carboxylic acids is 1. The van der Waals surface area contributed by atoms with Crippen molar-refractivity contribution in [2.45, 2.75) is 0 Å². The van der Waals surface area contributed by atoms with Crippen LogP contribution in [0.5, 0.6) is 5.75 Å². The van der Waals surface area contributed by atoms with Gasteiger partial charge in [0.1, 0.15) is 5.75 Å². The SMILES string of the molecule is COc1c(I)cc(C#N)cc1C(=O)CBr. The largest absolute Gasteiger partial charge is 0.495 e. The summed E-state index contributed by atoms with van der Waals surface area (Å²) < 4.78 is 5.90. The van der Waals surface area contributed by atoms with E-state index in [0.29, 0.717) is 16.9 Å². The zero-order valence-corrected chi connectivity index (χ0v) is 11.6. The van der Waals surface area contributed by atoms with Crippen molar-refractivity contribution >= 4 is 44.3 Å². The van der Waals surface area contributed by atoms with Gasteiger partial charge in [0.2, 0.25) is 0 Å². The number of hydrogen-bond donors (Lipinski definition) is 0. The Balaban J connectivity index is 3.40. The third-order valence-electron chi connectivity index (χ3n) is 1.80. The number of hydrogen-bond acceptors (Lipinski definition) is 3. The number of alkyl halides is 1. The molecule has 1 aromatic carbocycles. The van der Waals surface area contributed by atoms with Gasteiger partial charge in [-0.15, -0.1) is 0 Å². The zero-order chi connectivity index (χ0) is 11.4. The first-order valence-electron chi connectivity index (χ1n) is 4.00. The van der Waals surface area contributed by atoms with E-state index in [1.54, 1.807) is 12.1 Å². The predicted octanol–water partition coefficient (Wildman–Crippen LogP) is 2.75. The van der Waals surface area contributed by atoms with Crippen LogP contribution in [0.25, 0.3) is 0 Å². The van der Waals surface area contributed by atoms with Crippen molar-refractivity contribution in [3.8, 4) is 11.8 Å². The van der Waals surface area contributed by atoms with Crippen molar-refractivity contribution in [1.29, 1.82) is 5.26 Å². The summed E-state index contributed by atoms with van der Waals surface area (Å²) in [5, 5.41) is 9.00. The summed E-state index contributed by atoms with van der Waals surface area (Å²) in [4.78, 5) is 11.6. The number of halogens is 2. The third kappa shape index (κ3) is 2.69. The van der Waals surface area contributed by atoms with E-state index in [0.717, 1.165) is 3.57 Å². The highest BCUT2D eigenvalue weighted by molar-refractivity contribution is 14.1. The molecular weight excluding hydrogens is 373 g/mol. The molecule has 0 aromatic heterocycles. The number of ether oxygens (including phenoxy) is 1. The van der Waals surface area contributed by atoms with E-state index in [-0.39, 0.29) is 11.1 Å². The highest BCUT2D eigenvalue weighted by atomic mass is 127. The van der Waals surface area contributed by atoms with Crippen LogP contribution < -0.4 is 4.74 Å². The van der Waals surface area contributed by atoms with Gasteiger partial charge in [0.15, 0.2) is 5.78 Å². The first kappa shape index (κ1) is 12.5. The molecule has 15 heavy (non-hydrogen) atoms. The molecule has 0 unspecified atom stereocenters. The van der Waals surface area contributed by atoms with Gasteiger partial charge < -0.3 is 4.74 Å². The molecule has 0 bridgehead atoms. The molecule has 0 fully saturated rings. The Morgan fingerprint density at radius 1 is 1.67 bits per heavy atom. The predicted molar refractivity (Wildman–Crippen MR) is 68.6 cm³/mol. The summed E-state index contributed by atoms with van der Waals surface area (Å²) in [5.41, 5.74) is 0.905. The van der Waals surface area contributed by atoms with Crippen molar-refractivity contribution in [3.63, 3.8) is 0 Å². The Hall–Kier alpha value is -0.610. The fourth-order valence-electron chi connectivity index (χ4n) is 1.14. The van der Waals surface area contributed by atoms with Crippen LogP contribution >= 0.6 is 38.5 Å². The van der Waals surface area contributed by atoms with E-state index in [4.69, 9.17) is 10.00 Å². The minimum atomic E-state index is -0.0955. The van der Waals surface area contributed by atoms with Gasteiger partial charge in [0, 0.05) is 0 Å². The molecule has 0 aliphatic rings. The molecule has 3 nitrogen and oxygen atoms in total. The van der Waals surface area contributed by atoms with Gasteiger partial charge in [-0.25, -0.2) is 0 Å². The molecule has 78 valence electrons. The lowest BCUT2D eigenvalue weighted by Crippen LogP contribution is -2.05. The molecular formula is C10H7BrINO2.